The van der Waals surface area contributed by atoms with Crippen LogP contribution >= 0.6 is 31.3 Å². The topological polar surface area (TPSA) is 533 Å². The number of fused-ring (bicyclic) bond motifs is 3. The number of amides is 2. The van der Waals surface area contributed by atoms with Crippen LogP contribution in [0, 0.1) is 10.8 Å². The molecule has 0 spiro atoms. The highest BCUT2D eigenvalue weighted by Gasteiger charge is 2.57. The van der Waals surface area contributed by atoms with Crippen molar-refractivity contribution in [1.82, 2.24) is 40.0 Å². The Kier molecular flexibility index (Phi) is 15.5. The van der Waals surface area contributed by atoms with E-state index in [9.17, 15) is 67.8 Å². The Balaban J connectivity index is 0.852. The van der Waals surface area contributed by atoms with Crippen molar-refractivity contribution in [1.29, 1.82) is 10.8 Å². The molecule has 39 nitrogen and oxygen atoms in total. The highest BCUT2D eigenvalue weighted by Crippen LogP contribution is 2.67. The molecule has 2 amide bonds. The number of phosphoric ester groups is 3. The first-order valence-corrected chi connectivity index (χ1v) is 27.7. The summed E-state index contributed by atoms with van der Waals surface area (Å²) < 4.78 is 106. The minimum Gasteiger partial charge on any atom is -0.756 e. The van der Waals surface area contributed by atoms with Crippen molar-refractivity contribution in [2.75, 3.05) is 46.3 Å². The van der Waals surface area contributed by atoms with Crippen LogP contribution in [0.3, 0.4) is 0 Å². The Bertz CT molecular complexity index is 3020. The molecular formula is C33H45N15O24P4. The summed E-state index contributed by atoms with van der Waals surface area (Å²) in [5.74, 6) is -2.43. The van der Waals surface area contributed by atoms with E-state index >= 15 is 0 Å². The summed E-state index contributed by atoms with van der Waals surface area (Å²) in [6.45, 7) is -3.48. The van der Waals surface area contributed by atoms with Gasteiger partial charge in [0.25, 0.3) is 31.5 Å². The number of ether oxygens (including phenoxy) is 4. The molecule has 7 aliphatic heterocycles. The van der Waals surface area contributed by atoms with E-state index in [2.05, 4.69) is 59.0 Å². The molecule has 12 N–H and O–H groups in total. The van der Waals surface area contributed by atoms with Gasteiger partial charge in [0.2, 0.25) is 24.5 Å². The largest absolute Gasteiger partial charge is 0.756 e. The highest BCUT2D eigenvalue weighted by atomic mass is 31.3. The predicted molar refractivity (Wildman–Crippen MR) is 242 cm³/mol. The molecule has 2 aromatic rings. The average molecular weight is 1160 g/mol. The molecule has 9 rings (SSSR count). The van der Waals surface area contributed by atoms with Gasteiger partial charge >= 0.3 is 23.5 Å². The number of anilines is 1. The maximum atomic E-state index is 13.7. The van der Waals surface area contributed by atoms with Crippen molar-refractivity contribution < 1.29 is 118 Å². The van der Waals surface area contributed by atoms with Gasteiger partial charge in [-0.2, -0.15) is 19.2 Å². The van der Waals surface area contributed by atoms with E-state index in [4.69, 9.17) is 43.3 Å². The lowest BCUT2D eigenvalue weighted by Crippen LogP contribution is -2.54. The Morgan fingerprint density at radius 1 is 0.763 bits per heavy atom. The molecule has 43 heteroatoms. The van der Waals surface area contributed by atoms with Crippen molar-refractivity contribution in [3.05, 3.63) is 12.7 Å². The van der Waals surface area contributed by atoms with Crippen molar-refractivity contribution in [2.45, 2.75) is 85.7 Å². The molecule has 0 saturated carbocycles. The van der Waals surface area contributed by atoms with E-state index in [-0.39, 0.29) is 28.7 Å². The monoisotopic (exact) mass is 1160 g/mol. The summed E-state index contributed by atoms with van der Waals surface area (Å²) in [4.78, 5) is 96.1. The summed E-state index contributed by atoms with van der Waals surface area (Å²) in [5.41, 5.74) is 0.259. The number of phosphoric acid groups is 4. The number of imidazole rings is 1. The molecule has 0 bridgehead atoms. The summed E-state index contributed by atoms with van der Waals surface area (Å²) in [6.07, 6.45) is -15.8. The summed E-state index contributed by atoms with van der Waals surface area (Å²) >= 11 is 0. The predicted octanol–water partition coefficient (Wildman–Crippen LogP) is -6.09. The maximum Gasteiger partial charge on any atom is 0.487 e. The number of hydrogen-bond acceptors (Lipinski definition) is 30. The molecule has 0 radical (unpaired) electrons. The third-order valence-electron chi connectivity index (χ3n) is 12.0. The Labute approximate surface area is 424 Å². The van der Waals surface area contributed by atoms with Crippen LogP contribution in [-0.2, 0) is 73.5 Å². The van der Waals surface area contributed by atoms with Gasteiger partial charge in [0.15, 0.2) is 35.8 Å². The number of carbonyl (C=O) groups is 2. The zero-order valence-corrected chi connectivity index (χ0v) is 42.4. The number of nitrogens with zero attached hydrogens (tertiary/aromatic N) is 10. The smallest absolute Gasteiger partial charge is 0.487 e. The second-order valence-electron chi connectivity index (χ2n) is 16.9. The van der Waals surface area contributed by atoms with Crippen LogP contribution < -0.4 is 20.8 Å². The summed E-state index contributed by atoms with van der Waals surface area (Å²) in [5, 5.41) is 65.9. The molecule has 76 heavy (non-hydrogen) atoms. The first-order valence-electron chi connectivity index (χ1n) is 21.7. The number of aliphatic imine (C=N–C) groups is 3. The lowest BCUT2D eigenvalue weighted by Gasteiger charge is -2.28. The first-order chi connectivity index (χ1) is 35.7. The van der Waals surface area contributed by atoms with Crippen LogP contribution in [0.15, 0.2) is 27.6 Å². The molecule has 18 atom stereocenters. The zero-order chi connectivity index (χ0) is 55.0. The molecule has 3 fully saturated rings. The van der Waals surface area contributed by atoms with Gasteiger partial charge in [-0.15, -0.1) is 0 Å². The average Bonchev–Trinajstić information content (AvgIpc) is 4.19. The summed E-state index contributed by atoms with van der Waals surface area (Å²) in [7, 11) is -19.7. The lowest BCUT2D eigenvalue weighted by atomic mass is 10.1. The number of aliphatic hydroxyl groups is 4. The second-order valence-corrected chi connectivity index (χ2v) is 22.9. The number of rotatable bonds is 20. The maximum absolute atomic E-state index is 13.7. The fourth-order valence-electron chi connectivity index (χ4n) is 8.68. The Morgan fingerprint density at radius 3 is 2.01 bits per heavy atom. The number of hydrogen-bond donors (Lipinski definition) is 12. The minimum absolute atomic E-state index is 0.0773. The number of likely N-dealkylation sites (N-methyl/N-ethyl adjacent to an activating group) is 1. The second kappa shape index (κ2) is 21.1. The van der Waals surface area contributed by atoms with Crippen molar-refractivity contribution in [3.8, 4) is 0 Å². The van der Waals surface area contributed by atoms with Crippen LogP contribution in [0.2, 0.25) is 0 Å². The fourth-order valence-corrected chi connectivity index (χ4v) is 13.1. The van der Waals surface area contributed by atoms with E-state index in [1.165, 1.54) is 35.9 Å². The molecule has 7 aliphatic rings. The number of carbonyl (C=O) groups excluding carboxylic acids is 2. The van der Waals surface area contributed by atoms with E-state index < -0.39 is 161 Å². The normalized spacial score (nSPS) is 35.4. The molecule has 2 aromatic heterocycles. The minimum atomic E-state index is -6.27. The number of amidine groups is 2. The van der Waals surface area contributed by atoms with E-state index in [0.717, 1.165) is 29.6 Å². The molecule has 416 valence electrons. The third kappa shape index (κ3) is 11.1. The van der Waals surface area contributed by atoms with Crippen LogP contribution in [0.1, 0.15) is 6.23 Å². The van der Waals surface area contributed by atoms with E-state index in [1.807, 2.05) is 0 Å². The van der Waals surface area contributed by atoms with Crippen molar-refractivity contribution in [3.63, 3.8) is 0 Å². The SMILES string of the molecule is CNc1ncnc2c1ncn2[C@@H]1O[C@H](COP(=O)(O)OP(=O)(O)OP(=O)([O-])OC[C@H]2O[C@@H](N3C=[N+](C)C4C(=O)NC(=N)N=C43)[C@H](O)[C@@H]2O)[C@@H](OP(=O)(O)OC[C@H]2O[C@@H](N3C=NC4C(=O)NC(=N)N=C43)[C@H](O)[C@@H]2O)[C@H]1OC. The molecule has 6 unspecified atom stereocenters. The first kappa shape index (κ1) is 55.9. The molecule has 0 aliphatic carbocycles. The van der Waals surface area contributed by atoms with Crippen LogP contribution in [0.4, 0.5) is 5.82 Å². The van der Waals surface area contributed by atoms with Gasteiger partial charge in [0.1, 0.15) is 66.8 Å². The lowest BCUT2D eigenvalue weighted by molar-refractivity contribution is -0.498. The van der Waals surface area contributed by atoms with Gasteiger partial charge < -0.3 is 68.8 Å². The molecule has 0 aromatic carbocycles. The van der Waals surface area contributed by atoms with E-state index in [1.54, 1.807) is 0 Å². The molecular weight excluding hydrogens is 1110 g/mol. The Hall–Kier alpha value is -4.89. The number of nitrogens with one attached hydrogen (secondary N) is 5. The van der Waals surface area contributed by atoms with Crippen molar-refractivity contribution in [2.24, 2.45) is 15.0 Å². The van der Waals surface area contributed by atoms with E-state index in [0.29, 0.717) is 0 Å². The van der Waals surface area contributed by atoms with Gasteiger partial charge in [0.05, 0.1) is 39.5 Å². The van der Waals surface area contributed by atoms with Crippen LogP contribution in [0.5, 0.6) is 0 Å². The number of aromatic nitrogens is 4. The molecule has 9 heterocycles. The zero-order valence-electron chi connectivity index (χ0n) is 38.8. The van der Waals surface area contributed by atoms with Gasteiger partial charge in [-0.05, 0) is 0 Å². The van der Waals surface area contributed by atoms with Gasteiger partial charge in [0, 0.05) is 14.2 Å². The number of guanidine groups is 2. The van der Waals surface area contributed by atoms with Crippen LogP contribution in [0.25, 0.3) is 11.2 Å². The fraction of sp³-hybridized carbons (Fsp3) is 0.606. The van der Waals surface area contributed by atoms with Gasteiger partial charge in [-0.1, -0.05) is 0 Å². The number of methoxy groups -OCH3 is 1. The number of aliphatic hydroxyl groups excluding tert-OH is 4. The quantitative estimate of drug-likeness (QED) is 0.0434. The van der Waals surface area contributed by atoms with Gasteiger partial charge in [-0.25, -0.2) is 37.5 Å². The van der Waals surface area contributed by atoms with Gasteiger partial charge in [-0.3, -0.25) is 63.6 Å². The standard InChI is InChI=1S/C33H45N15O24P4/c1-36-23-14-24(38-7-37-23)46(8-39-14)31-22(63-3)21(70-73(55,56)64-4-11-17(49)19(51)29(67-11)47-9-40-15-25(47)41-32(34)43-27(15)53)13(69-31)6-66-75(59,60)72-76(61,62)71-74(57,58)65-5-12-18(50)20(52)30(68-12)48-10-45(2)16-26(48)42-33(35)44-28(16)54/h7-13,15-22,29-31,49-52H,4-6H2,1-3H3,(H8-,34,35,36,37,38,43,44,53,54,55,56,57,58,59,60,61,62)/t11-,12-,13-,15?,16?,17-,18-,19-,20-,21-,22-,29-,30-,31-/m1/s1. The molecule has 3 saturated heterocycles. The Morgan fingerprint density at radius 2 is 1.36 bits per heavy atom. The highest BCUT2D eigenvalue weighted by molar-refractivity contribution is 7.66. The third-order valence-corrected chi connectivity index (χ3v) is 17.2. The van der Waals surface area contributed by atoms with Crippen LogP contribution in [-0.4, -0.2) is 238 Å². The summed E-state index contributed by atoms with van der Waals surface area (Å²) in [6, 6.07) is -2.28. The van der Waals surface area contributed by atoms with Crippen molar-refractivity contribution >= 4 is 96.4 Å².